The SMILES string of the molecule is CN(C)c1ccc(/C=N\Nc2nc3ccc(Cl)cc3o2)cc1. The molecule has 0 aliphatic heterocycles. The highest BCUT2D eigenvalue weighted by atomic mass is 35.5. The molecule has 1 heterocycles. The van der Waals surface area contributed by atoms with Gasteiger partial charge in [-0.2, -0.15) is 10.1 Å². The molecule has 3 aromatic rings. The van der Waals surface area contributed by atoms with Gasteiger partial charge >= 0.3 is 6.01 Å². The molecule has 22 heavy (non-hydrogen) atoms. The van der Waals surface area contributed by atoms with E-state index in [4.69, 9.17) is 16.0 Å². The molecule has 3 rings (SSSR count). The molecule has 0 saturated heterocycles. The molecule has 0 amide bonds. The van der Waals surface area contributed by atoms with Crippen LogP contribution in [0.5, 0.6) is 0 Å². The summed E-state index contributed by atoms with van der Waals surface area (Å²) in [6.07, 6.45) is 1.71. The molecule has 2 aromatic carbocycles. The van der Waals surface area contributed by atoms with Crippen molar-refractivity contribution in [2.45, 2.75) is 0 Å². The number of anilines is 2. The van der Waals surface area contributed by atoms with Gasteiger partial charge in [-0.05, 0) is 29.8 Å². The summed E-state index contributed by atoms with van der Waals surface area (Å²) in [5, 5.41) is 4.74. The number of fused-ring (bicyclic) bond motifs is 1. The number of halogens is 1. The molecule has 0 aliphatic carbocycles. The number of hydrazone groups is 1. The van der Waals surface area contributed by atoms with E-state index in [2.05, 4.69) is 15.5 Å². The van der Waals surface area contributed by atoms with Crippen LogP contribution < -0.4 is 10.3 Å². The van der Waals surface area contributed by atoms with E-state index in [1.54, 1.807) is 24.4 Å². The maximum atomic E-state index is 5.91. The Morgan fingerprint density at radius 2 is 1.95 bits per heavy atom. The fourth-order valence-corrected chi connectivity index (χ4v) is 2.13. The van der Waals surface area contributed by atoms with Gasteiger partial charge in [0.1, 0.15) is 5.52 Å². The first-order chi connectivity index (χ1) is 10.6. The van der Waals surface area contributed by atoms with E-state index < -0.39 is 0 Å². The van der Waals surface area contributed by atoms with Crippen molar-refractivity contribution < 1.29 is 4.42 Å². The van der Waals surface area contributed by atoms with Crippen LogP contribution in [-0.4, -0.2) is 25.3 Å². The van der Waals surface area contributed by atoms with Crippen LogP contribution >= 0.6 is 11.6 Å². The molecule has 0 saturated carbocycles. The first-order valence-corrected chi connectivity index (χ1v) is 7.12. The fourth-order valence-electron chi connectivity index (χ4n) is 1.97. The van der Waals surface area contributed by atoms with Crippen LogP contribution in [0, 0.1) is 0 Å². The molecular weight excluding hydrogens is 300 g/mol. The van der Waals surface area contributed by atoms with Crippen molar-refractivity contribution in [2.24, 2.45) is 5.10 Å². The summed E-state index contributed by atoms with van der Waals surface area (Å²) in [6, 6.07) is 13.7. The number of rotatable bonds is 4. The maximum Gasteiger partial charge on any atom is 0.316 e. The molecule has 1 aromatic heterocycles. The lowest BCUT2D eigenvalue weighted by Gasteiger charge is -2.11. The lowest BCUT2D eigenvalue weighted by atomic mass is 10.2. The van der Waals surface area contributed by atoms with Crippen molar-refractivity contribution >= 4 is 40.6 Å². The Morgan fingerprint density at radius 1 is 1.18 bits per heavy atom. The Kier molecular flexibility index (Phi) is 3.98. The predicted molar refractivity (Wildman–Crippen MR) is 91.0 cm³/mol. The van der Waals surface area contributed by atoms with Crippen LogP contribution in [0.3, 0.4) is 0 Å². The average molecular weight is 315 g/mol. The van der Waals surface area contributed by atoms with Crippen LogP contribution in [0.25, 0.3) is 11.1 Å². The second kappa shape index (κ2) is 6.07. The molecule has 6 heteroatoms. The van der Waals surface area contributed by atoms with E-state index in [1.165, 1.54) is 0 Å². The lowest BCUT2D eigenvalue weighted by molar-refractivity contribution is 0.617. The Labute approximate surface area is 133 Å². The predicted octanol–water partition coefficient (Wildman–Crippen LogP) is 3.99. The van der Waals surface area contributed by atoms with Crippen LogP contribution in [0.2, 0.25) is 5.02 Å². The highest BCUT2D eigenvalue weighted by Gasteiger charge is 2.04. The van der Waals surface area contributed by atoms with Crippen molar-refractivity contribution in [3.63, 3.8) is 0 Å². The summed E-state index contributed by atoms with van der Waals surface area (Å²) < 4.78 is 5.51. The Balaban J connectivity index is 1.70. The van der Waals surface area contributed by atoms with Crippen LogP contribution in [0.15, 0.2) is 52.0 Å². The standard InChI is InChI=1S/C16H15ClN4O/c1-21(2)13-6-3-11(4-7-13)10-18-20-16-19-14-8-5-12(17)9-15(14)22-16/h3-10H,1-2H3,(H,19,20)/b18-10-. The Hall–Kier alpha value is -2.53. The molecule has 0 aliphatic rings. The molecule has 1 N–H and O–H groups in total. The van der Waals surface area contributed by atoms with Gasteiger partial charge < -0.3 is 9.32 Å². The zero-order valence-electron chi connectivity index (χ0n) is 12.2. The van der Waals surface area contributed by atoms with Crippen molar-refractivity contribution in [3.8, 4) is 0 Å². The zero-order chi connectivity index (χ0) is 15.5. The molecule has 0 radical (unpaired) electrons. The Morgan fingerprint density at radius 3 is 2.68 bits per heavy atom. The van der Waals surface area contributed by atoms with Crippen molar-refractivity contribution in [1.29, 1.82) is 0 Å². The monoisotopic (exact) mass is 314 g/mol. The number of benzene rings is 2. The third-order valence-corrected chi connectivity index (χ3v) is 3.37. The van der Waals surface area contributed by atoms with E-state index in [0.29, 0.717) is 16.6 Å². The van der Waals surface area contributed by atoms with Crippen molar-refractivity contribution in [2.75, 3.05) is 24.4 Å². The summed E-state index contributed by atoms with van der Waals surface area (Å²) in [6.45, 7) is 0. The zero-order valence-corrected chi connectivity index (χ0v) is 13.0. The minimum absolute atomic E-state index is 0.332. The molecule has 112 valence electrons. The van der Waals surface area contributed by atoms with E-state index in [1.807, 2.05) is 43.3 Å². The normalized spacial score (nSPS) is 11.2. The highest BCUT2D eigenvalue weighted by Crippen LogP contribution is 2.22. The van der Waals surface area contributed by atoms with Crippen LogP contribution in [-0.2, 0) is 0 Å². The maximum absolute atomic E-state index is 5.91. The topological polar surface area (TPSA) is 53.7 Å². The quantitative estimate of drug-likeness (QED) is 0.584. The highest BCUT2D eigenvalue weighted by molar-refractivity contribution is 6.31. The average Bonchev–Trinajstić information content (AvgIpc) is 2.89. The van der Waals surface area contributed by atoms with Gasteiger partial charge in [-0.25, -0.2) is 5.43 Å². The number of hydrogen-bond acceptors (Lipinski definition) is 5. The molecule has 0 bridgehead atoms. The number of nitrogens with one attached hydrogen (secondary N) is 1. The minimum atomic E-state index is 0.332. The van der Waals surface area contributed by atoms with Gasteiger partial charge in [0.15, 0.2) is 5.58 Å². The van der Waals surface area contributed by atoms with Gasteiger partial charge in [0.25, 0.3) is 0 Å². The molecule has 5 nitrogen and oxygen atoms in total. The molecule has 0 atom stereocenters. The van der Waals surface area contributed by atoms with Gasteiger partial charge in [-0.15, -0.1) is 0 Å². The van der Waals surface area contributed by atoms with Crippen LogP contribution in [0.1, 0.15) is 5.56 Å². The van der Waals surface area contributed by atoms with E-state index in [9.17, 15) is 0 Å². The fraction of sp³-hybridized carbons (Fsp3) is 0.125. The largest absolute Gasteiger partial charge is 0.422 e. The number of aromatic nitrogens is 1. The first-order valence-electron chi connectivity index (χ1n) is 6.74. The molecule has 0 spiro atoms. The summed E-state index contributed by atoms with van der Waals surface area (Å²) >= 11 is 5.91. The third-order valence-electron chi connectivity index (χ3n) is 3.13. The molecular formula is C16H15ClN4O. The van der Waals surface area contributed by atoms with Gasteiger partial charge in [0, 0.05) is 30.9 Å². The van der Waals surface area contributed by atoms with Crippen molar-refractivity contribution in [3.05, 3.63) is 53.1 Å². The third kappa shape index (κ3) is 3.20. The van der Waals surface area contributed by atoms with E-state index >= 15 is 0 Å². The number of nitrogens with zero attached hydrogens (tertiary/aromatic N) is 3. The summed E-state index contributed by atoms with van der Waals surface area (Å²) in [5.41, 5.74) is 6.26. The van der Waals surface area contributed by atoms with Crippen molar-refractivity contribution in [1.82, 2.24) is 4.98 Å². The van der Waals surface area contributed by atoms with Gasteiger partial charge in [-0.1, -0.05) is 23.7 Å². The number of oxazole rings is 1. The van der Waals surface area contributed by atoms with E-state index in [-0.39, 0.29) is 0 Å². The summed E-state index contributed by atoms with van der Waals surface area (Å²) in [5.74, 6) is 0. The lowest BCUT2D eigenvalue weighted by Crippen LogP contribution is -2.08. The van der Waals surface area contributed by atoms with Gasteiger partial charge in [-0.3, -0.25) is 0 Å². The second-order valence-electron chi connectivity index (χ2n) is 4.99. The first kappa shape index (κ1) is 14.4. The smallest absolute Gasteiger partial charge is 0.316 e. The van der Waals surface area contributed by atoms with E-state index in [0.717, 1.165) is 16.8 Å². The molecule has 0 unspecified atom stereocenters. The van der Waals surface area contributed by atoms with Gasteiger partial charge in [0.05, 0.1) is 6.21 Å². The summed E-state index contributed by atoms with van der Waals surface area (Å²) in [7, 11) is 4.01. The minimum Gasteiger partial charge on any atom is -0.422 e. The summed E-state index contributed by atoms with van der Waals surface area (Å²) in [4.78, 5) is 6.31. The molecule has 0 fully saturated rings. The Bertz CT molecular complexity index is 809. The van der Waals surface area contributed by atoms with Crippen LogP contribution in [0.4, 0.5) is 11.7 Å². The number of hydrogen-bond donors (Lipinski definition) is 1. The van der Waals surface area contributed by atoms with Gasteiger partial charge in [0.2, 0.25) is 0 Å². The second-order valence-corrected chi connectivity index (χ2v) is 5.42.